The Bertz CT molecular complexity index is 946. The number of fused-ring (bicyclic) bond motifs is 2. The molecule has 1 N–H and O–H groups in total. The van der Waals surface area contributed by atoms with E-state index in [0.29, 0.717) is 18.6 Å². The molecule has 0 saturated heterocycles. The minimum absolute atomic E-state index is 0.0826. The normalized spacial score (nSPS) is 16.2. The largest absolute Gasteiger partial charge is 0.349 e. The molecule has 6 nitrogen and oxygen atoms in total. The van der Waals surface area contributed by atoms with Crippen LogP contribution >= 0.6 is 0 Å². The summed E-state index contributed by atoms with van der Waals surface area (Å²) in [7, 11) is 0. The van der Waals surface area contributed by atoms with Crippen LogP contribution < -0.4 is 5.32 Å². The molecule has 3 aromatic rings. The van der Waals surface area contributed by atoms with E-state index in [4.69, 9.17) is 0 Å². The Morgan fingerprint density at radius 3 is 3.04 bits per heavy atom. The van der Waals surface area contributed by atoms with Gasteiger partial charge in [-0.1, -0.05) is 24.3 Å². The zero-order chi connectivity index (χ0) is 17.4. The van der Waals surface area contributed by atoms with Crippen LogP contribution in [0.4, 0.5) is 0 Å². The maximum Gasteiger partial charge on any atom is 0.252 e. The lowest BCUT2D eigenvalue weighted by molar-refractivity contribution is -0.121. The Balaban J connectivity index is 1.45. The van der Waals surface area contributed by atoms with Gasteiger partial charge in [0.2, 0.25) is 5.91 Å². The Morgan fingerprint density at radius 1 is 1.32 bits per heavy atom. The van der Waals surface area contributed by atoms with Gasteiger partial charge in [-0.3, -0.25) is 4.79 Å². The molecule has 2 aromatic heterocycles. The molecule has 0 radical (unpaired) electrons. The van der Waals surface area contributed by atoms with Gasteiger partial charge in [-0.05, 0) is 49.8 Å². The van der Waals surface area contributed by atoms with Crippen molar-refractivity contribution in [2.75, 3.05) is 0 Å². The number of nitrogens with one attached hydrogen (secondary N) is 1. The van der Waals surface area contributed by atoms with E-state index in [2.05, 4.69) is 38.6 Å². The number of amides is 1. The third-order valence-corrected chi connectivity index (χ3v) is 5.06. The summed E-state index contributed by atoms with van der Waals surface area (Å²) in [5, 5.41) is 7.38. The summed E-state index contributed by atoms with van der Waals surface area (Å²) in [6.45, 7) is 3.96. The Kier molecular flexibility index (Phi) is 3.95. The molecule has 128 valence electrons. The third-order valence-electron chi connectivity index (χ3n) is 5.06. The highest BCUT2D eigenvalue weighted by Gasteiger charge is 2.23. The lowest BCUT2D eigenvalue weighted by Gasteiger charge is -2.15. The van der Waals surface area contributed by atoms with Crippen LogP contribution in [-0.2, 0) is 17.6 Å². The molecule has 1 atom stereocenters. The van der Waals surface area contributed by atoms with E-state index in [1.165, 1.54) is 17.5 Å². The summed E-state index contributed by atoms with van der Waals surface area (Å²) >= 11 is 0. The highest BCUT2D eigenvalue weighted by Crippen LogP contribution is 2.30. The quantitative estimate of drug-likeness (QED) is 0.795. The SMILES string of the molecule is Cc1nc2ncnn2c(C)c1CCC(=O)N[C@@H]1CCc2ccccc21. The minimum atomic E-state index is 0.0826. The monoisotopic (exact) mass is 335 g/mol. The maximum atomic E-state index is 12.5. The van der Waals surface area contributed by atoms with Crippen LogP contribution in [-0.4, -0.2) is 25.5 Å². The third kappa shape index (κ3) is 2.88. The van der Waals surface area contributed by atoms with Crippen LogP contribution in [0.3, 0.4) is 0 Å². The first-order chi connectivity index (χ1) is 12.1. The molecule has 6 heteroatoms. The predicted octanol–water partition coefficient (Wildman–Crippen LogP) is 2.48. The van der Waals surface area contributed by atoms with Gasteiger partial charge >= 0.3 is 0 Å². The second-order valence-electron chi connectivity index (χ2n) is 6.59. The van der Waals surface area contributed by atoms with Crippen LogP contribution in [0.1, 0.15) is 47.0 Å². The smallest absolute Gasteiger partial charge is 0.252 e. The van der Waals surface area contributed by atoms with Crippen LogP contribution in [0, 0.1) is 13.8 Å². The average Bonchev–Trinajstić information content (AvgIpc) is 3.22. The molecule has 1 aromatic carbocycles. The van der Waals surface area contributed by atoms with Crippen molar-refractivity contribution >= 4 is 11.7 Å². The zero-order valence-corrected chi connectivity index (χ0v) is 14.5. The Morgan fingerprint density at radius 2 is 2.16 bits per heavy atom. The van der Waals surface area contributed by atoms with Gasteiger partial charge in [0.15, 0.2) is 0 Å². The highest BCUT2D eigenvalue weighted by atomic mass is 16.1. The van der Waals surface area contributed by atoms with E-state index in [1.54, 1.807) is 4.52 Å². The molecule has 4 rings (SSSR count). The van der Waals surface area contributed by atoms with Gasteiger partial charge in [0.05, 0.1) is 6.04 Å². The van der Waals surface area contributed by atoms with Crippen molar-refractivity contribution in [1.29, 1.82) is 0 Å². The molecule has 1 aliphatic carbocycles. The van der Waals surface area contributed by atoms with Gasteiger partial charge in [-0.2, -0.15) is 10.1 Å². The fraction of sp³-hybridized carbons (Fsp3) is 0.368. The number of carbonyl (C=O) groups is 1. The fourth-order valence-electron chi connectivity index (χ4n) is 3.73. The summed E-state index contributed by atoms with van der Waals surface area (Å²) in [5.41, 5.74) is 5.59. The number of aromatic nitrogens is 4. The summed E-state index contributed by atoms with van der Waals surface area (Å²) < 4.78 is 1.73. The summed E-state index contributed by atoms with van der Waals surface area (Å²) in [4.78, 5) is 21.0. The second-order valence-corrected chi connectivity index (χ2v) is 6.59. The van der Waals surface area contributed by atoms with Crippen molar-refractivity contribution in [2.24, 2.45) is 0 Å². The minimum Gasteiger partial charge on any atom is -0.349 e. The van der Waals surface area contributed by atoms with E-state index < -0.39 is 0 Å². The molecule has 0 saturated carbocycles. The van der Waals surface area contributed by atoms with Crippen molar-refractivity contribution in [1.82, 2.24) is 24.9 Å². The molecule has 0 spiro atoms. The van der Waals surface area contributed by atoms with Crippen LogP contribution in [0.5, 0.6) is 0 Å². The van der Waals surface area contributed by atoms with E-state index >= 15 is 0 Å². The molecule has 2 heterocycles. The number of benzene rings is 1. The lowest BCUT2D eigenvalue weighted by Crippen LogP contribution is -2.27. The topological polar surface area (TPSA) is 72.2 Å². The van der Waals surface area contributed by atoms with Crippen molar-refractivity contribution in [2.45, 2.75) is 45.6 Å². The molecular weight excluding hydrogens is 314 g/mol. The molecular formula is C19H21N5O. The summed E-state index contributed by atoms with van der Waals surface area (Å²) in [6.07, 6.45) is 4.62. The second kappa shape index (κ2) is 6.27. The van der Waals surface area contributed by atoms with Gasteiger partial charge in [-0.15, -0.1) is 0 Å². The Labute approximate surface area is 146 Å². The number of nitrogens with zero attached hydrogens (tertiary/aromatic N) is 4. The van der Waals surface area contributed by atoms with Gasteiger partial charge < -0.3 is 5.32 Å². The number of hydrogen-bond acceptors (Lipinski definition) is 4. The molecule has 1 aliphatic rings. The zero-order valence-electron chi connectivity index (χ0n) is 14.5. The van der Waals surface area contributed by atoms with Crippen molar-refractivity contribution in [3.05, 3.63) is 58.7 Å². The van der Waals surface area contributed by atoms with Crippen molar-refractivity contribution in [3.8, 4) is 0 Å². The fourth-order valence-corrected chi connectivity index (χ4v) is 3.73. The summed E-state index contributed by atoms with van der Waals surface area (Å²) in [5.74, 6) is 0.685. The number of carbonyl (C=O) groups excluding carboxylic acids is 1. The van der Waals surface area contributed by atoms with E-state index in [-0.39, 0.29) is 11.9 Å². The molecule has 0 fully saturated rings. The van der Waals surface area contributed by atoms with E-state index in [9.17, 15) is 4.79 Å². The van der Waals surface area contributed by atoms with Crippen LogP contribution in [0.25, 0.3) is 5.78 Å². The molecule has 0 aliphatic heterocycles. The van der Waals surface area contributed by atoms with Crippen LogP contribution in [0.15, 0.2) is 30.6 Å². The predicted molar refractivity (Wildman–Crippen MR) is 94.2 cm³/mol. The van der Waals surface area contributed by atoms with E-state index in [1.807, 2.05) is 19.9 Å². The first-order valence-electron chi connectivity index (χ1n) is 8.66. The van der Waals surface area contributed by atoms with Crippen LogP contribution in [0.2, 0.25) is 0 Å². The molecule has 25 heavy (non-hydrogen) atoms. The maximum absolute atomic E-state index is 12.5. The standard InChI is InChI=1S/C19H21N5O/c1-12-15(13(2)24-19(22-12)20-11-21-24)8-10-18(25)23-17-9-7-14-5-3-4-6-16(14)17/h3-6,11,17H,7-10H2,1-2H3,(H,23,25)/t17-/m1/s1. The number of rotatable bonds is 4. The van der Waals surface area contributed by atoms with Gasteiger partial charge in [0, 0.05) is 17.8 Å². The summed E-state index contributed by atoms with van der Waals surface area (Å²) in [6, 6.07) is 8.50. The van der Waals surface area contributed by atoms with Gasteiger partial charge in [0.1, 0.15) is 6.33 Å². The van der Waals surface area contributed by atoms with E-state index in [0.717, 1.165) is 29.8 Å². The van der Waals surface area contributed by atoms with Gasteiger partial charge in [-0.25, -0.2) is 9.50 Å². The van der Waals surface area contributed by atoms with Gasteiger partial charge in [0.25, 0.3) is 5.78 Å². The molecule has 1 amide bonds. The Hall–Kier alpha value is -2.76. The molecule has 0 bridgehead atoms. The average molecular weight is 335 g/mol. The van der Waals surface area contributed by atoms with Crippen molar-refractivity contribution < 1.29 is 4.79 Å². The number of hydrogen-bond donors (Lipinski definition) is 1. The number of aryl methyl sites for hydroxylation is 3. The first-order valence-corrected chi connectivity index (χ1v) is 8.66. The highest BCUT2D eigenvalue weighted by molar-refractivity contribution is 5.77. The molecule has 0 unspecified atom stereocenters. The van der Waals surface area contributed by atoms with Crippen molar-refractivity contribution in [3.63, 3.8) is 0 Å². The first kappa shape index (κ1) is 15.7. The lowest BCUT2D eigenvalue weighted by atomic mass is 10.1.